The first kappa shape index (κ1) is 11.9. The molecule has 0 aliphatic rings. The smallest absolute Gasteiger partial charge is 0.320 e. The third kappa shape index (κ3) is 9640. The van der Waals surface area contributed by atoms with Gasteiger partial charge in [-0.25, -0.2) is 0 Å². The fourth-order valence-corrected chi connectivity index (χ4v) is 0. The van der Waals surface area contributed by atoms with E-state index in [0.717, 1.165) is 0 Å². The second kappa shape index (κ2) is 5.00. The topological polar surface area (TPSA) is 101 Å². The van der Waals surface area contributed by atoms with E-state index in [4.69, 9.17) is 23.3 Å². The first-order valence-corrected chi connectivity index (χ1v) is 3.78. The van der Waals surface area contributed by atoms with Crippen molar-refractivity contribution in [1.82, 2.24) is 0 Å². The molecule has 9 heavy (non-hydrogen) atoms. The number of thiol groups is 1. The highest BCUT2D eigenvalue weighted by molar-refractivity contribution is 7.80. The summed E-state index contributed by atoms with van der Waals surface area (Å²) in [7, 11) is -4.67. The molecule has 0 aromatic carbocycles. The van der Waals surface area contributed by atoms with E-state index in [1.807, 2.05) is 6.92 Å². The van der Waals surface area contributed by atoms with Crippen molar-refractivity contribution in [2.75, 3.05) is 0 Å². The minimum Gasteiger partial charge on any atom is -0.320 e. The van der Waals surface area contributed by atoms with Crippen molar-refractivity contribution in [3.63, 3.8) is 0 Å². The average molecular weight is 175 g/mol. The van der Waals surface area contributed by atoms with Crippen molar-refractivity contribution >= 4 is 23.0 Å². The van der Waals surface area contributed by atoms with Crippen LogP contribution in [-0.2, 0) is 10.4 Å². The highest BCUT2D eigenvalue weighted by atomic mass is 32.3. The van der Waals surface area contributed by atoms with Crippen molar-refractivity contribution in [1.29, 1.82) is 0 Å². The van der Waals surface area contributed by atoms with E-state index in [9.17, 15) is 0 Å². The fraction of sp³-hybridized carbons (Fsp3) is 1.00. The van der Waals surface area contributed by atoms with Gasteiger partial charge in [-0.05, 0) is 6.92 Å². The highest BCUT2D eigenvalue weighted by Crippen LogP contribution is 1.72. The van der Waals surface area contributed by atoms with Crippen LogP contribution in [0.3, 0.4) is 0 Å². The molecule has 0 aromatic rings. The number of rotatable bonds is 0. The van der Waals surface area contributed by atoms with Gasteiger partial charge in [0.05, 0.1) is 0 Å². The van der Waals surface area contributed by atoms with Crippen molar-refractivity contribution in [2.45, 2.75) is 12.3 Å². The summed E-state index contributed by atoms with van der Waals surface area (Å²) >= 11 is 3.74. The van der Waals surface area contributed by atoms with E-state index in [0.29, 0.717) is 0 Å². The van der Waals surface area contributed by atoms with Gasteiger partial charge in [0.2, 0.25) is 0 Å². The predicted octanol–water partition coefficient (Wildman–Crippen LogP) is -0.432. The summed E-state index contributed by atoms with van der Waals surface area (Å²) in [4.78, 5) is 0. The lowest BCUT2D eigenvalue weighted by Crippen LogP contribution is -2.03. The molecule has 7 heteroatoms. The summed E-state index contributed by atoms with van der Waals surface area (Å²) in [5.41, 5.74) is 4.98. The lowest BCUT2D eigenvalue weighted by molar-refractivity contribution is 0.381. The summed E-state index contributed by atoms with van der Waals surface area (Å²) in [6.07, 6.45) is 0. The zero-order valence-corrected chi connectivity index (χ0v) is 6.43. The molecule has 0 radical (unpaired) electrons. The molecule has 0 heterocycles. The van der Waals surface area contributed by atoms with E-state index in [1.165, 1.54) is 0 Å². The van der Waals surface area contributed by atoms with Crippen LogP contribution in [-0.4, -0.2) is 22.9 Å². The third-order valence-corrected chi connectivity index (χ3v) is 0. The molecule has 4 N–H and O–H groups in total. The molecule has 0 saturated heterocycles. The van der Waals surface area contributed by atoms with Crippen molar-refractivity contribution in [3.8, 4) is 0 Å². The molecule has 1 atom stereocenters. The van der Waals surface area contributed by atoms with E-state index in [2.05, 4.69) is 12.6 Å². The van der Waals surface area contributed by atoms with E-state index in [-0.39, 0.29) is 5.37 Å². The first-order chi connectivity index (χ1) is 3.73. The highest BCUT2D eigenvalue weighted by Gasteiger charge is 1.84. The Hall–Kier alpha value is 0.180. The molecule has 0 aromatic heterocycles. The summed E-state index contributed by atoms with van der Waals surface area (Å²) in [6.45, 7) is 1.81. The molecule has 0 rings (SSSR count). The fourth-order valence-electron chi connectivity index (χ4n) is 0. The van der Waals surface area contributed by atoms with Gasteiger partial charge in [0.1, 0.15) is 0 Å². The standard InChI is InChI=1S/C2H7NS.H2O4S/c1-2(3)4;1-5(2,3)4/h2,4H,3H2,1H3;(H2,1,2,3,4). The summed E-state index contributed by atoms with van der Waals surface area (Å²) in [5.74, 6) is 0. The summed E-state index contributed by atoms with van der Waals surface area (Å²) in [5, 5.41) is 0.0278. The Morgan fingerprint density at radius 3 is 1.56 bits per heavy atom. The van der Waals surface area contributed by atoms with Gasteiger partial charge in [-0.1, -0.05) is 0 Å². The van der Waals surface area contributed by atoms with Gasteiger partial charge in [-0.15, -0.1) is 0 Å². The molecule has 0 fully saturated rings. The lowest BCUT2D eigenvalue weighted by atomic mass is 10.8. The van der Waals surface area contributed by atoms with Crippen molar-refractivity contribution in [2.24, 2.45) is 5.73 Å². The second-order valence-corrected chi connectivity index (χ2v) is 2.90. The van der Waals surface area contributed by atoms with Crippen LogP contribution < -0.4 is 5.73 Å². The van der Waals surface area contributed by atoms with Crippen molar-refractivity contribution in [3.05, 3.63) is 0 Å². The Bertz CT molecular complexity index is 128. The molecule has 1 unspecified atom stereocenters. The minimum atomic E-state index is -4.67. The maximum absolute atomic E-state index is 8.74. The molecule has 0 saturated carbocycles. The van der Waals surface area contributed by atoms with Gasteiger partial charge < -0.3 is 5.73 Å². The quantitative estimate of drug-likeness (QED) is 0.227. The molecule has 0 aliphatic heterocycles. The van der Waals surface area contributed by atoms with Gasteiger partial charge >= 0.3 is 10.4 Å². The Kier molecular flexibility index (Phi) is 6.62. The van der Waals surface area contributed by atoms with Crippen LogP contribution in [0, 0.1) is 0 Å². The monoisotopic (exact) mass is 175 g/mol. The lowest BCUT2D eigenvalue weighted by Gasteiger charge is -1.80. The predicted molar refractivity (Wildman–Crippen MR) is 36.8 cm³/mol. The largest absolute Gasteiger partial charge is 0.394 e. The Labute approximate surface area is 59.2 Å². The van der Waals surface area contributed by atoms with Crippen LogP contribution >= 0.6 is 12.6 Å². The van der Waals surface area contributed by atoms with Gasteiger partial charge in [-0.2, -0.15) is 21.0 Å². The van der Waals surface area contributed by atoms with Crippen LogP contribution in [0.25, 0.3) is 0 Å². The maximum atomic E-state index is 8.74. The molecular formula is C2H9NO4S2. The Morgan fingerprint density at radius 1 is 1.56 bits per heavy atom. The molecule has 0 spiro atoms. The molecule has 0 amide bonds. The normalized spacial score (nSPS) is 13.4. The van der Waals surface area contributed by atoms with Crippen LogP contribution in [0.15, 0.2) is 0 Å². The molecule has 5 nitrogen and oxygen atoms in total. The Balaban J connectivity index is 0. The van der Waals surface area contributed by atoms with E-state index in [1.54, 1.807) is 0 Å². The average Bonchev–Trinajstić information content (AvgIpc) is 1.19. The molecular weight excluding hydrogens is 166 g/mol. The van der Waals surface area contributed by atoms with Crippen LogP contribution in [0.2, 0.25) is 0 Å². The van der Waals surface area contributed by atoms with Gasteiger partial charge in [0, 0.05) is 5.37 Å². The second-order valence-electron chi connectivity index (χ2n) is 1.19. The number of hydrogen-bond donors (Lipinski definition) is 4. The summed E-state index contributed by atoms with van der Waals surface area (Å²) < 4.78 is 31.6. The van der Waals surface area contributed by atoms with Crippen LogP contribution in [0.4, 0.5) is 0 Å². The summed E-state index contributed by atoms with van der Waals surface area (Å²) in [6, 6.07) is 0. The number of hydrogen-bond acceptors (Lipinski definition) is 4. The minimum absolute atomic E-state index is 0.0278. The van der Waals surface area contributed by atoms with Crippen molar-refractivity contribution < 1.29 is 17.5 Å². The van der Waals surface area contributed by atoms with Crippen LogP contribution in [0.5, 0.6) is 0 Å². The van der Waals surface area contributed by atoms with Gasteiger partial charge in [-0.3, -0.25) is 9.11 Å². The maximum Gasteiger partial charge on any atom is 0.394 e. The SMILES string of the molecule is CC(N)S.O=S(=O)(O)O. The van der Waals surface area contributed by atoms with Crippen LogP contribution in [0.1, 0.15) is 6.92 Å². The van der Waals surface area contributed by atoms with E-state index >= 15 is 0 Å². The molecule has 58 valence electrons. The van der Waals surface area contributed by atoms with Gasteiger partial charge in [0.15, 0.2) is 0 Å². The first-order valence-electron chi connectivity index (χ1n) is 1.87. The van der Waals surface area contributed by atoms with E-state index < -0.39 is 10.4 Å². The third-order valence-electron chi connectivity index (χ3n) is 0. The zero-order chi connectivity index (χ0) is 8.08. The molecule has 0 bridgehead atoms. The zero-order valence-electron chi connectivity index (χ0n) is 4.72. The number of nitrogens with two attached hydrogens (primary N) is 1. The van der Waals surface area contributed by atoms with Gasteiger partial charge in [0.25, 0.3) is 0 Å². The molecule has 0 aliphatic carbocycles. The Morgan fingerprint density at radius 2 is 1.56 bits per heavy atom.